The summed E-state index contributed by atoms with van der Waals surface area (Å²) >= 11 is 0.869. The van der Waals surface area contributed by atoms with Gasteiger partial charge in [0, 0.05) is 42.5 Å². The molecule has 37 heavy (non-hydrogen) atoms. The minimum absolute atomic E-state index is 0.0207. The Labute approximate surface area is 220 Å². The Bertz CT molecular complexity index is 1140. The first-order chi connectivity index (χ1) is 17.1. The summed E-state index contributed by atoms with van der Waals surface area (Å²) in [7, 11) is 0. The first kappa shape index (κ1) is 28.9. The highest BCUT2D eigenvalue weighted by Gasteiger charge is 2.33. The van der Waals surface area contributed by atoms with E-state index in [1.807, 2.05) is 34.6 Å². The molecule has 1 saturated heterocycles. The van der Waals surface area contributed by atoms with E-state index >= 15 is 0 Å². The van der Waals surface area contributed by atoms with Crippen LogP contribution in [0.15, 0.2) is 12.3 Å². The molecule has 0 saturated carbocycles. The smallest absolute Gasteiger partial charge is 0.280 e. The predicted octanol–water partition coefficient (Wildman–Crippen LogP) is 5.11. The predicted molar refractivity (Wildman–Crippen MR) is 141 cm³/mol. The number of anilines is 1. The van der Waals surface area contributed by atoms with Gasteiger partial charge in [0.2, 0.25) is 0 Å². The largest absolute Gasteiger partial charge is 0.389 e. The van der Waals surface area contributed by atoms with Gasteiger partial charge in [0.25, 0.3) is 18.2 Å². The number of hydrogen-bond donors (Lipinski definition) is 3. The van der Waals surface area contributed by atoms with Crippen LogP contribution in [-0.2, 0) is 0 Å². The number of alkyl halides is 2. The highest BCUT2D eigenvalue weighted by Crippen LogP contribution is 2.39. The van der Waals surface area contributed by atoms with Crippen molar-refractivity contribution in [3.63, 3.8) is 0 Å². The molecular weight excluding hydrogens is 500 g/mol. The molecule has 0 aliphatic carbocycles. The van der Waals surface area contributed by atoms with Gasteiger partial charge in [0.1, 0.15) is 11.5 Å². The maximum atomic E-state index is 14.3. The first-order valence-corrected chi connectivity index (χ1v) is 13.3. The zero-order valence-corrected chi connectivity index (χ0v) is 23.3. The van der Waals surface area contributed by atoms with E-state index in [4.69, 9.17) is 0 Å². The third kappa shape index (κ3) is 7.01. The van der Waals surface area contributed by atoms with Gasteiger partial charge in [-0.2, -0.15) is 0 Å². The maximum Gasteiger partial charge on any atom is 0.280 e. The Balaban J connectivity index is 2.07. The monoisotopic (exact) mass is 537 g/mol. The van der Waals surface area contributed by atoms with E-state index in [1.54, 1.807) is 18.7 Å². The van der Waals surface area contributed by atoms with E-state index in [2.05, 4.69) is 20.6 Å². The third-order valence-electron chi connectivity index (χ3n) is 6.60. The van der Waals surface area contributed by atoms with Crippen LogP contribution in [0.1, 0.15) is 93.6 Å². The van der Waals surface area contributed by atoms with Crippen LogP contribution >= 0.6 is 11.3 Å². The van der Waals surface area contributed by atoms with E-state index in [0.29, 0.717) is 12.4 Å². The van der Waals surface area contributed by atoms with E-state index in [-0.39, 0.29) is 50.7 Å². The minimum Gasteiger partial charge on any atom is -0.389 e. The van der Waals surface area contributed by atoms with Crippen molar-refractivity contribution in [3.05, 3.63) is 28.5 Å². The normalized spacial score (nSPS) is 17.3. The number of rotatable bonds is 8. The van der Waals surface area contributed by atoms with Crippen molar-refractivity contribution in [2.45, 2.75) is 85.4 Å². The van der Waals surface area contributed by atoms with Crippen LogP contribution in [0.4, 0.5) is 14.6 Å². The molecule has 2 amide bonds. The average Bonchev–Trinajstić information content (AvgIpc) is 3.42. The molecule has 1 aliphatic rings. The van der Waals surface area contributed by atoms with Crippen LogP contribution in [0.3, 0.4) is 0 Å². The lowest BCUT2D eigenvalue weighted by Crippen LogP contribution is -2.38. The number of carbonyl (C=O) groups excluding carboxylic acids is 2. The Morgan fingerprint density at radius 3 is 2.49 bits per heavy atom. The van der Waals surface area contributed by atoms with Gasteiger partial charge in [-0.05, 0) is 52.0 Å². The lowest BCUT2D eigenvalue weighted by Gasteiger charge is -2.28. The Morgan fingerprint density at radius 1 is 1.27 bits per heavy atom. The fourth-order valence-corrected chi connectivity index (χ4v) is 4.85. The van der Waals surface area contributed by atoms with Crippen LogP contribution < -0.4 is 10.6 Å². The molecule has 2 aromatic rings. The second-order valence-corrected chi connectivity index (χ2v) is 12.4. The van der Waals surface area contributed by atoms with E-state index in [0.717, 1.165) is 24.2 Å². The fraction of sp³-hybridized carbons (Fsp3) is 0.615. The molecule has 1 aliphatic heterocycles. The van der Waals surface area contributed by atoms with E-state index in [9.17, 15) is 23.5 Å². The summed E-state index contributed by atoms with van der Waals surface area (Å²) in [5.41, 5.74) is -1.55. The minimum atomic E-state index is -2.84. The Kier molecular flexibility index (Phi) is 8.58. The van der Waals surface area contributed by atoms with E-state index < -0.39 is 23.8 Å². The molecule has 2 aromatic heterocycles. The van der Waals surface area contributed by atoms with Gasteiger partial charge in [-0.15, -0.1) is 11.3 Å². The van der Waals surface area contributed by atoms with Crippen molar-refractivity contribution >= 4 is 29.0 Å². The summed E-state index contributed by atoms with van der Waals surface area (Å²) in [5.74, 6) is -0.692. The summed E-state index contributed by atoms with van der Waals surface area (Å²) in [5, 5.41) is 15.7. The molecule has 2 unspecified atom stereocenters. The van der Waals surface area contributed by atoms with Crippen LogP contribution in [0.2, 0.25) is 0 Å². The molecule has 8 nitrogen and oxygen atoms in total. The summed E-state index contributed by atoms with van der Waals surface area (Å²) in [6, 6.07) is 1.23. The van der Waals surface area contributed by atoms with Gasteiger partial charge in [-0.1, -0.05) is 20.8 Å². The highest BCUT2D eigenvalue weighted by atomic mass is 32.1. The number of halogens is 2. The fourth-order valence-electron chi connectivity index (χ4n) is 3.85. The van der Waals surface area contributed by atoms with Crippen molar-refractivity contribution in [1.82, 2.24) is 20.2 Å². The topological polar surface area (TPSA) is 107 Å². The average molecular weight is 538 g/mol. The van der Waals surface area contributed by atoms with Crippen LogP contribution in [-0.4, -0.2) is 62.6 Å². The zero-order valence-electron chi connectivity index (χ0n) is 22.5. The molecule has 2 atom stereocenters. The number of hydrogen-bond acceptors (Lipinski definition) is 7. The summed E-state index contributed by atoms with van der Waals surface area (Å²) in [4.78, 5) is 36.8. The molecule has 204 valence electrons. The lowest BCUT2D eigenvalue weighted by molar-refractivity contribution is 0.0692. The van der Waals surface area contributed by atoms with Gasteiger partial charge in [0.15, 0.2) is 5.01 Å². The number of pyridine rings is 1. The van der Waals surface area contributed by atoms with Gasteiger partial charge in [-0.25, -0.2) is 18.7 Å². The number of thiazole rings is 1. The second-order valence-electron chi connectivity index (χ2n) is 11.4. The van der Waals surface area contributed by atoms with Gasteiger partial charge in [0.05, 0.1) is 10.5 Å². The van der Waals surface area contributed by atoms with Gasteiger partial charge < -0.3 is 20.6 Å². The van der Waals surface area contributed by atoms with Gasteiger partial charge in [-0.3, -0.25) is 9.59 Å². The number of aromatic nitrogens is 2. The molecule has 3 N–H and O–H groups in total. The first-order valence-electron chi connectivity index (χ1n) is 12.5. The number of nitrogens with zero attached hydrogens (tertiary/aromatic N) is 3. The quantitative estimate of drug-likeness (QED) is 0.432. The molecule has 11 heteroatoms. The standard InChI is InChI=1S/C26H37F2N5O3S/c1-14-9-8-10-33(14)24(35)19-20(37-23(32-19)22(34)30-13-26(6,7)36)17-12-29-18(11-16(17)21(27)28)31-15(2)25(3,4)5/h11-12,14-15,21,36H,8-10,13H2,1-7H3,(H,29,31)(H,30,34). The molecular formula is C26H37F2N5O3S. The molecule has 1 fully saturated rings. The van der Waals surface area contributed by atoms with Crippen molar-refractivity contribution in [2.24, 2.45) is 5.41 Å². The van der Waals surface area contributed by atoms with Crippen molar-refractivity contribution < 1.29 is 23.5 Å². The number of likely N-dealkylation sites (tertiary alicyclic amines) is 1. The Morgan fingerprint density at radius 2 is 1.95 bits per heavy atom. The third-order valence-corrected chi connectivity index (χ3v) is 7.69. The molecule has 0 spiro atoms. The van der Waals surface area contributed by atoms with Crippen molar-refractivity contribution in [2.75, 3.05) is 18.4 Å². The number of carbonyl (C=O) groups is 2. The lowest BCUT2D eigenvalue weighted by atomic mass is 9.88. The van der Waals surface area contributed by atoms with Crippen LogP contribution in [0, 0.1) is 5.41 Å². The van der Waals surface area contributed by atoms with Crippen molar-refractivity contribution in [3.8, 4) is 10.4 Å². The Hall–Kier alpha value is -2.66. The van der Waals surface area contributed by atoms with Crippen molar-refractivity contribution in [1.29, 1.82) is 0 Å². The molecule has 3 rings (SSSR count). The van der Waals surface area contributed by atoms with Crippen LogP contribution in [0.25, 0.3) is 10.4 Å². The molecule has 0 radical (unpaired) electrons. The number of aliphatic hydroxyl groups is 1. The second kappa shape index (κ2) is 11.0. The number of amides is 2. The van der Waals surface area contributed by atoms with E-state index in [1.165, 1.54) is 12.3 Å². The maximum absolute atomic E-state index is 14.3. The zero-order chi connectivity index (χ0) is 27.7. The summed E-state index contributed by atoms with van der Waals surface area (Å²) in [6.45, 7) is 13.6. The van der Waals surface area contributed by atoms with Gasteiger partial charge >= 0.3 is 0 Å². The summed E-state index contributed by atoms with van der Waals surface area (Å²) in [6.07, 6.45) is 0.142. The molecule has 0 bridgehead atoms. The highest BCUT2D eigenvalue weighted by molar-refractivity contribution is 7.17. The summed E-state index contributed by atoms with van der Waals surface area (Å²) < 4.78 is 28.6. The number of nitrogens with one attached hydrogen (secondary N) is 2. The molecule has 0 aromatic carbocycles. The van der Waals surface area contributed by atoms with Crippen LogP contribution in [0.5, 0.6) is 0 Å². The SMILES string of the molecule is CC1CCCN1C(=O)c1nc(C(=O)NCC(C)(C)O)sc1-c1cnc(NC(C)C(C)(C)C)cc1C(F)F. The molecule has 3 heterocycles.